The average molecular weight is 326 g/mol. The first-order valence-corrected chi connectivity index (χ1v) is 6.64. The highest BCUT2D eigenvalue weighted by molar-refractivity contribution is 6.35. The molecule has 0 spiro atoms. The second kappa shape index (κ2) is 8.64. The molecule has 19 heavy (non-hydrogen) atoms. The van der Waals surface area contributed by atoms with E-state index in [0.717, 1.165) is 5.56 Å². The van der Waals surface area contributed by atoms with Gasteiger partial charge in [0.25, 0.3) is 0 Å². The maximum absolute atomic E-state index is 11.9. The molecule has 0 aromatic heterocycles. The number of hydrogen-bond acceptors (Lipinski definition) is 2. The number of hydrogen-bond donors (Lipinski definition) is 2. The summed E-state index contributed by atoms with van der Waals surface area (Å²) < 4.78 is 0. The molecule has 0 bridgehead atoms. The Balaban J connectivity index is 0.00000324. The third-order valence-electron chi connectivity index (χ3n) is 2.73. The van der Waals surface area contributed by atoms with Gasteiger partial charge in [0.1, 0.15) is 0 Å². The molecule has 3 N–H and O–H groups in total. The highest BCUT2D eigenvalue weighted by atomic mass is 35.5. The molecule has 0 aliphatic heterocycles. The summed E-state index contributed by atoms with van der Waals surface area (Å²) in [6, 6.07) is 5.29. The molecule has 0 fully saturated rings. The van der Waals surface area contributed by atoms with Crippen LogP contribution in [0.2, 0.25) is 10.0 Å². The van der Waals surface area contributed by atoms with Gasteiger partial charge in [0.2, 0.25) is 5.91 Å². The molecule has 3 nitrogen and oxygen atoms in total. The molecule has 0 aliphatic rings. The monoisotopic (exact) mass is 324 g/mol. The fourth-order valence-corrected chi connectivity index (χ4v) is 2.04. The van der Waals surface area contributed by atoms with E-state index in [1.54, 1.807) is 12.1 Å². The minimum atomic E-state index is -0.155. The second-order valence-corrected chi connectivity index (χ2v) is 5.33. The SMILES string of the molecule is CC(Cc1ccc(Cl)cc1Cl)C(=O)N[C@@H](C)CN.Cl. The Morgan fingerprint density at radius 3 is 2.53 bits per heavy atom. The van der Waals surface area contributed by atoms with Crippen molar-refractivity contribution in [1.82, 2.24) is 5.32 Å². The van der Waals surface area contributed by atoms with Crippen LogP contribution in [0.25, 0.3) is 0 Å². The topological polar surface area (TPSA) is 55.1 Å². The Labute approximate surface area is 130 Å². The van der Waals surface area contributed by atoms with Crippen LogP contribution in [-0.2, 0) is 11.2 Å². The zero-order chi connectivity index (χ0) is 13.7. The van der Waals surface area contributed by atoms with Crippen LogP contribution in [0.5, 0.6) is 0 Å². The van der Waals surface area contributed by atoms with E-state index in [2.05, 4.69) is 5.32 Å². The van der Waals surface area contributed by atoms with Crippen molar-refractivity contribution in [1.29, 1.82) is 0 Å². The van der Waals surface area contributed by atoms with E-state index in [0.29, 0.717) is 23.0 Å². The Morgan fingerprint density at radius 2 is 2.00 bits per heavy atom. The third kappa shape index (κ3) is 6.00. The molecule has 1 aromatic rings. The van der Waals surface area contributed by atoms with Crippen LogP contribution < -0.4 is 11.1 Å². The molecule has 0 saturated carbocycles. The van der Waals surface area contributed by atoms with E-state index in [4.69, 9.17) is 28.9 Å². The molecule has 2 atom stereocenters. The number of benzene rings is 1. The second-order valence-electron chi connectivity index (χ2n) is 4.49. The maximum atomic E-state index is 11.9. The number of amides is 1. The van der Waals surface area contributed by atoms with Crippen molar-refractivity contribution in [3.8, 4) is 0 Å². The Morgan fingerprint density at radius 1 is 1.37 bits per heavy atom. The smallest absolute Gasteiger partial charge is 0.223 e. The number of carbonyl (C=O) groups is 1. The lowest BCUT2D eigenvalue weighted by molar-refractivity contribution is -0.125. The summed E-state index contributed by atoms with van der Waals surface area (Å²) in [4.78, 5) is 11.9. The first-order chi connectivity index (χ1) is 8.43. The van der Waals surface area contributed by atoms with Crippen LogP contribution in [0.4, 0.5) is 0 Å². The summed E-state index contributed by atoms with van der Waals surface area (Å²) in [5.74, 6) is -0.170. The Kier molecular flexibility index (Phi) is 8.42. The van der Waals surface area contributed by atoms with Crippen molar-refractivity contribution in [2.75, 3.05) is 6.54 Å². The number of nitrogens with one attached hydrogen (secondary N) is 1. The first kappa shape index (κ1) is 18.5. The van der Waals surface area contributed by atoms with E-state index in [1.807, 2.05) is 19.9 Å². The van der Waals surface area contributed by atoms with Crippen molar-refractivity contribution in [3.05, 3.63) is 33.8 Å². The van der Waals surface area contributed by atoms with Crippen molar-refractivity contribution in [3.63, 3.8) is 0 Å². The lowest BCUT2D eigenvalue weighted by Gasteiger charge is -2.16. The lowest BCUT2D eigenvalue weighted by Crippen LogP contribution is -2.41. The molecular weight excluding hydrogens is 307 g/mol. The van der Waals surface area contributed by atoms with Crippen LogP contribution in [0.15, 0.2) is 18.2 Å². The predicted octanol–water partition coefficient (Wildman–Crippen LogP) is 3.06. The lowest BCUT2D eigenvalue weighted by atomic mass is 10.00. The van der Waals surface area contributed by atoms with Crippen LogP contribution in [0.3, 0.4) is 0 Å². The minimum Gasteiger partial charge on any atom is -0.352 e. The first-order valence-electron chi connectivity index (χ1n) is 5.88. The third-order valence-corrected chi connectivity index (χ3v) is 3.32. The Hall–Kier alpha value is -0.480. The van der Waals surface area contributed by atoms with Gasteiger partial charge in [-0.2, -0.15) is 0 Å². The summed E-state index contributed by atoms with van der Waals surface area (Å²) in [7, 11) is 0. The molecule has 0 saturated heterocycles. The molecular formula is C13H19Cl3N2O. The van der Waals surface area contributed by atoms with Crippen LogP contribution in [0, 0.1) is 5.92 Å². The largest absolute Gasteiger partial charge is 0.352 e. The van der Waals surface area contributed by atoms with Crippen LogP contribution >= 0.6 is 35.6 Å². The molecule has 1 aromatic carbocycles. The van der Waals surface area contributed by atoms with Crippen molar-refractivity contribution >= 4 is 41.5 Å². The van der Waals surface area contributed by atoms with Gasteiger partial charge in [-0.05, 0) is 31.0 Å². The van der Waals surface area contributed by atoms with Crippen LogP contribution in [0.1, 0.15) is 19.4 Å². The highest BCUT2D eigenvalue weighted by Crippen LogP contribution is 2.23. The molecule has 6 heteroatoms. The van der Waals surface area contributed by atoms with Gasteiger partial charge in [-0.25, -0.2) is 0 Å². The number of carbonyl (C=O) groups excluding carboxylic acids is 1. The maximum Gasteiger partial charge on any atom is 0.223 e. The van der Waals surface area contributed by atoms with Crippen molar-refractivity contribution in [2.45, 2.75) is 26.3 Å². The molecule has 0 heterocycles. The van der Waals surface area contributed by atoms with Gasteiger partial charge < -0.3 is 11.1 Å². The number of rotatable bonds is 5. The van der Waals surface area contributed by atoms with Gasteiger partial charge in [0.05, 0.1) is 0 Å². The molecule has 1 unspecified atom stereocenters. The summed E-state index contributed by atoms with van der Waals surface area (Å²) in [6.45, 7) is 4.17. The fraction of sp³-hybridized carbons (Fsp3) is 0.462. The van der Waals surface area contributed by atoms with E-state index in [1.165, 1.54) is 0 Å². The van der Waals surface area contributed by atoms with Gasteiger partial charge >= 0.3 is 0 Å². The summed E-state index contributed by atoms with van der Waals surface area (Å²) in [6.07, 6.45) is 0.582. The number of nitrogens with two attached hydrogens (primary N) is 1. The zero-order valence-corrected chi connectivity index (χ0v) is 13.3. The summed E-state index contributed by atoms with van der Waals surface area (Å²) in [5, 5.41) is 4.03. The molecule has 0 radical (unpaired) electrons. The van der Waals surface area contributed by atoms with E-state index in [9.17, 15) is 4.79 Å². The molecule has 108 valence electrons. The molecule has 1 rings (SSSR count). The van der Waals surface area contributed by atoms with Gasteiger partial charge in [0.15, 0.2) is 0 Å². The number of halogens is 3. The van der Waals surface area contributed by atoms with Crippen molar-refractivity contribution < 1.29 is 4.79 Å². The average Bonchev–Trinajstić information content (AvgIpc) is 2.32. The quantitative estimate of drug-likeness (QED) is 0.874. The zero-order valence-electron chi connectivity index (χ0n) is 11.0. The van der Waals surface area contributed by atoms with Gasteiger partial charge in [-0.1, -0.05) is 36.2 Å². The fourth-order valence-electron chi connectivity index (χ4n) is 1.55. The highest BCUT2D eigenvalue weighted by Gasteiger charge is 2.16. The van der Waals surface area contributed by atoms with E-state index < -0.39 is 0 Å². The van der Waals surface area contributed by atoms with Gasteiger partial charge in [0, 0.05) is 28.5 Å². The van der Waals surface area contributed by atoms with Gasteiger partial charge in [-0.15, -0.1) is 12.4 Å². The predicted molar refractivity (Wildman–Crippen MR) is 83.2 cm³/mol. The molecule has 0 aliphatic carbocycles. The standard InChI is InChI=1S/C13H18Cl2N2O.ClH/c1-8(13(18)17-9(2)7-16)5-10-3-4-11(14)6-12(10)15;/h3-4,6,8-9H,5,7,16H2,1-2H3,(H,17,18);1H/t8?,9-;/m0./s1. The normalized spacial score (nSPS) is 13.3. The summed E-state index contributed by atoms with van der Waals surface area (Å²) in [5.41, 5.74) is 6.38. The van der Waals surface area contributed by atoms with Crippen LogP contribution in [-0.4, -0.2) is 18.5 Å². The Bertz CT molecular complexity index is 426. The van der Waals surface area contributed by atoms with E-state index >= 15 is 0 Å². The minimum absolute atomic E-state index is 0. The van der Waals surface area contributed by atoms with Crippen molar-refractivity contribution in [2.24, 2.45) is 11.7 Å². The van der Waals surface area contributed by atoms with Gasteiger partial charge in [-0.3, -0.25) is 4.79 Å². The molecule has 1 amide bonds. The summed E-state index contributed by atoms with van der Waals surface area (Å²) >= 11 is 11.9. The van der Waals surface area contributed by atoms with E-state index in [-0.39, 0.29) is 30.3 Å².